The lowest BCUT2D eigenvalue weighted by Gasteiger charge is -2.59. The third-order valence-corrected chi connectivity index (χ3v) is 8.91. The van der Waals surface area contributed by atoms with Crippen molar-refractivity contribution in [2.75, 3.05) is 33.1 Å². The molecule has 218 valence electrons. The van der Waals surface area contributed by atoms with Gasteiger partial charge in [0.05, 0.1) is 23.3 Å². The first kappa shape index (κ1) is 28.3. The number of primary amides is 1. The second kappa shape index (κ2) is 8.65. The molecule has 5 atom stereocenters. The Morgan fingerprint density at radius 3 is 2.37 bits per heavy atom. The highest BCUT2D eigenvalue weighted by Crippen LogP contribution is 2.60. The third-order valence-electron chi connectivity index (χ3n) is 7.99. The van der Waals surface area contributed by atoms with Gasteiger partial charge < -0.3 is 31.1 Å². The number of aromatic hydroxyl groups is 1. The summed E-state index contributed by atoms with van der Waals surface area (Å²) >= 11 is 0. The highest BCUT2D eigenvalue weighted by molar-refractivity contribution is 7.82. The van der Waals surface area contributed by atoms with Gasteiger partial charge in [-0.05, 0) is 37.7 Å². The molecule has 0 bridgehead atoms. The molecule has 1 unspecified atom stereocenters. The van der Waals surface area contributed by atoms with Gasteiger partial charge in [-0.2, -0.15) is 8.42 Å². The Balaban J connectivity index is 1.92. The van der Waals surface area contributed by atoms with E-state index in [2.05, 4.69) is 10.0 Å². The highest BCUT2D eigenvalue weighted by atomic mass is 32.3. The van der Waals surface area contributed by atoms with E-state index in [0.29, 0.717) is 5.69 Å². The number of anilines is 1. The lowest BCUT2D eigenvalue weighted by molar-refractivity contribution is -0.233. The lowest BCUT2D eigenvalue weighted by atomic mass is 9.54. The number of Topliss-reactive ketones (excluding diaryl/α,β-unsaturated/α-hetero) is 2. The fourth-order valence-electron chi connectivity index (χ4n) is 6.37. The Labute approximate surface area is 231 Å². The Morgan fingerprint density at radius 1 is 1.20 bits per heavy atom. The summed E-state index contributed by atoms with van der Waals surface area (Å²) in [6.45, 7) is 0. The maximum Gasteiger partial charge on any atom is 0.402 e. The average Bonchev–Trinajstić information content (AvgIpc) is 2.86. The van der Waals surface area contributed by atoms with Crippen LogP contribution in [-0.2, 0) is 39.6 Å². The molecule has 0 radical (unpaired) electrons. The fourth-order valence-corrected chi connectivity index (χ4v) is 7.57. The molecule has 1 amide bonds. The van der Waals surface area contributed by atoms with Gasteiger partial charge in [-0.15, -0.1) is 0 Å². The number of likely N-dealkylation sites (N-methyl/N-ethyl adjacent to an activating group) is 1. The van der Waals surface area contributed by atoms with Crippen LogP contribution in [0.15, 0.2) is 28.1 Å². The summed E-state index contributed by atoms with van der Waals surface area (Å²) < 4.78 is 36.4. The molecule has 18 heteroatoms. The minimum Gasteiger partial charge on any atom is -0.507 e. The van der Waals surface area contributed by atoms with E-state index in [1.807, 2.05) is 0 Å². The summed E-state index contributed by atoms with van der Waals surface area (Å²) in [5, 5.41) is 48.8. The summed E-state index contributed by atoms with van der Waals surface area (Å²) in [5.41, 5.74) is 5.98. The molecule has 1 aliphatic heterocycles. The van der Waals surface area contributed by atoms with Gasteiger partial charge in [0, 0.05) is 36.2 Å². The molecule has 1 aromatic rings. The number of ketones is 2. The number of aliphatic hydroxyl groups excluding tert-OH is 2. The van der Waals surface area contributed by atoms with Crippen LogP contribution < -0.4 is 10.6 Å². The number of phenolic OH excluding ortho intramolecular Hbond substituents is 1. The van der Waals surface area contributed by atoms with Gasteiger partial charge in [0.1, 0.15) is 17.1 Å². The van der Waals surface area contributed by atoms with E-state index in [9.17, 15) is 43.2 Å². The van der Waals surface area contributed by atoms with Gasteiger partial charge >= 0.3 is 10.4 Å². The van der Waals surface area contributed by atoms with Crippen LogP contribution in [0.1, 0.15) is 11.1 Å². The molecule has 5 rings (SSSR count). The molecule has 41 heavy (non-hydrogen) atoms. The van der Waals surface area contributed by atoms with Gasteiger partial charge in [-0.1, -0.05) is 5.11 Å². The number of nitrogens with zero attached hydrogens (tertiary/aromatic N) is 5. The number of carbonyl (C=O) groups excluding carboxylic acids is 3. The molecule has 2 fully saturated rings. The fraction of sp³-hybridized carbons (Fsp3) is 0.435. The van der Waals surface area contributed by atoms with Crippen molar-refractivity contribution in [2.45, 2.75) is 23.9 Å². The highest BCUT2D eigenvalue weighted by Gasteiger charge is 2.77. The van der Waals surface area contributed by atoms with Crippen molar-refractivity contribution in [3.63, 3.8) is 0 Å². The summed E-state index contributed by atoms with van der Waals surface area (Å²) in [6, 6.07) is 1.30. The van der Waals surface area contributed by atoms with Crippen LogP contribution >= 0.6 is 0 Å². The van der Waals surface area contributed by atoms with Gasteiger partial charge in [0.2, 0.25) is 22.9 Å². The van der Waals surface area contributed by atoms with Gasteiger partial charge in [0.15, 0.2) is 5.76 Å². The molecule has 1 heterocycles. The van der Waals surface area contributed by atoms with Crippen LogP contribution in [-0.4, -0.2) is 96.8 Å². The standard InChI is InChI=1S/C23H24N6O11S/c1-28(2)10-6-9(26-27-25)14(30)11-7(10)5-8-12(15(11)31)18(32)22(36)17-16(8)39-41(37,38)40-23(17,29(3)4)20(34)13(19(22)33)21(24)35/h6,8,16-17,30-31,34,36H,5H2,1-4H3,(H2,24,35)/t8-,16?,17+,22+,23+/m1/s1. The zero-order valence-electron chi connectivity index (χ0n) is 21.9. The number of benzene rings is 1. The topological polar surface area (TPSA) is 266 Å². The normalized spacial score (nSPS) is 31.7. The van der Waals surface area contributed by atoms with E-state index >= 15 is 0 Å². The number of azide groups is 1. The van der Waals surface area contributed by atoms with Crippen LogP contribution in [0.4, 0.5) is 11.4 Å². The van der Waals surface area contributed by atoms with Crippen molar-refractivity contribution in [2.24, 2.45) is 22.7 Å². The number of rotatable bonds is 4. The molecule has 0 aromatic heterocycles. The number of carbonyl (C=O) groups is 3. The number of nitrogens with two attached hydrogens (primary N) is 1. The van der Waals surface area contributed by atoms with Crippen LogP contribution in [0.3, 0.4) is 0 Å². The quantitative estimate of drug-likeness (QED) is 0.0977. The zero-order chi connectivity index (χ0) is 30.6. The van der Waals surface area contributed by atoms with Crippen molar-refractivity contribution in [3.05, 3.63) is 44.5 Å². The summed E-state index contributed by atoms with van der Waals surface area (Å²) in [7, 11) is 0.497. The van der Waals surface area contributed by atoms with Crippen molar-refractivity contribution in [1.82, 2.24) is 4.90 Å². The number of phenols is 1. The number of hydrogen-bond donors (Lipinski definition) is 5. The SMILES string of the molecule is CN(C)c1cc(N=[N+]=[N-])c(O)c2c1C[C@@H]1C(=C2O)C(=O)[C@]2(O)C(=O)C(C(N)=O)=C(O)[C@@]3(N(C)C)OS(=O)(=O)OC1[C@@H]23. The van der Waals surface area contributed by atoms with Crippen LogP contribution in [0, 0.1) is 11.8 Å². The molecule has 17 nitrogen and oxygen atoms in total. The number of fused-ring (bicyclic) bond motifs is 3. The second-order valence-corrected chi connectivity index (χ2v) is 11.6. The summed E-state index contributed by atoms with van der Waals surface area (Å²) in [6.07, 6.45) is -2.16. The lowest BCUT2D eigenvalue weighted by Crippen LogP contribution is -2.79. The van der Waals surface area contributed by atoms with Crippen molar-refractivity contribution < 1.29 is 51.6 Å². The van der Waals surface area contributed by atoms with Gasteiger partial charge in [0.25, 0.3) is 5.91 Å². The number of amides is 1. The van der Waals surface area contributed by atoms with Crippen molar-refractivity contribution >= 4 is 45.0 Å². The molecule has 1 saturated heterocycles. The molecule has 4 aliphatic rings. The van der Waals surface area contributed by atoms with Gasteiger partial charge in [-0.25, -0.2) is 8.37 Å². The van der Waals surface area contributed by atoms with E-state index in [0.717, 1.165) is 4.90 Å². The number of aliphatic hydroxyl groups is 3. The van der Waals surface area contributed by atoms with Crippen LogP contribution in [0.5, 0.6) is 5.75 Å². The second-order valence-electron chi connectivity index (χ2n) is 10.4. The number of hydrogen-bond acceptors (Lipinski definition) is 14. The van der Waals surface area contributed by atoms with E-state index in [-0.39, 0.29) is 23.2 Å². The summed E-state index contributed by atoms with van der Waals surface area (Å²) in [4.78, 5) is 45.2. The monoisotopic (exact) mass is 592 g/mol. The van der Waals surface area contributed by atoms with E-state index in [1.54, 1.807) is 14.1 Å². The van der Waals surface area contributed by atoms with Crippen LogP contribution in [0.2, 0.25) is 0 Å². The first-order valence-electron chi connectivity index (χ1n) is 11.9. The predicted octanol–water partition coefficient (Wildman–Crippen LogP) is -0.430. The summed E-state index contributed by atoms with van der Waals surface area (Å²) in [5.74, 6) is -11.1. The first-order valence-corrected chi connectivity index (χ1v) is 13.2. The van der Waals surface area contributed by atoms with Crippen molar-refractivity contribution in [3.8, 4) is 5.75 Å². The smallest absolute Gasteiger partial charge is 0.402 e. The minimum atomic E-state index is -5.09. The van der Waals surface area contributed by atoms with Crippen LogP contribution in [0.25, 0.3) is 16.2 Å². The van der Waals surface area contributed by atoms with Crippen molar-refractivity contribution in [1.29, 1.82) is 0 Å². The molecular formula is C23H24N6O11S. The molecular weight excluding hydrogens is 568 g/mol. The molecule has 3 aliphatic carbocycles. The predicted molar refractivity (Wildman–Crippen MR) is 137 cm³/mol. The molecule has 0 spiro atoms. The zero-order valence-corrected chi connectivity index (χ0v) is 22.7. The molecule has 1 saturated carbocycles. The van der Waals surface area contributed by atoms with E-state index < -0.39 is 85.6 Å². The first-order chi connectivity index (χ1) is 19.0. The molecule has 6 N–H and O–H groups in total. The Bertz CT molecular complexity index is 1690. The average molecular weight is 593 g/mol. The molecule has 1 aromatic carbocycles. The Kier molecular flexibility index (Phi) is 5.98. The Hall–Kier alpha value is -4.19. The maximum atomic E-state index is 14.1. The van der Waals surface area contributed by atoms with Gasteiger partial charge in [-0.3, -0.25) is 19.3 Å². The van der Waals surface area contributed by atoms with E-state index in [4.69, 9.17) is 19.6 Å². The third kappa shape index (κ3) is 3.39. The minimum absolute atomic E-state index is 0.177. The largest absolute Gasteiger partial charge is 0.507 e. The van der Waals surface area contributed by atoms with E-state index in [1.165, 1.54) is 25.1 Å². The Morgan fingerprint density at radius 2 is 1.83 bits per heavy atom. The maximum absolute atomic E-state index is 14.1.